The minimum absolute atomic E-state index is 0.301. The minimum Gasteiger partial charge on any atom is -0.453 e. The van der Waals surface area contributed by atoms with Crippen LogP contribution in [0.25, 0.3) is 23.7 Å². The molecule has 0 aromatic carbocycles. The Labute approximate surface area is 111 Å². The fourth-order valence-electron chi connectivity index (χ4n) is 1.42. The maximum Gasteiger partial charge on any atom is 0.238 e. The minimum atomic E-state index is -0.602. The van der Waals surface area contributed by atoms with Crippen LogP contribution in [0.4, 0.5) is 0 Å². The average Bonchev–Trinajstić information content (AvgIpc) is 3.02. The molecular weight excluding hydrogens is 268 g/mol. The van der Waals surface area contributed by atoms with Crippen molar-refractivity contribution < 1.29 is 18.7 Å². The number of nitrogens with zero attached hydrogens (tertiary/aromatic N) is 2. The van der Waals surface area contributed by atoms with Gasteiger partial charge in [-0.1, -0.05) is 0 Å². The first-order chi connectivity index (χ1) is 9.54. The van der Waals surface area contributed by atoms with E-state index in [-0.39, 0.29) is 0 Å². The van der Waals surface area contributed by atoms with Crippen molar-refractivity contribution in [1.82, 2.24) is 0 Å². The zero-order valence-corrected chi connectivity index (χ0v) is 9.96. The lowest BCUT2D eigenvalue weighted by Crippen LogP contribution is -1.81. The van der Waals surface area contributed by atoms with Gasteiger partial charge in [-0.2, -0.15) is 0 Å². The number of hydrogen-bond acceptors (Lipinski definition) is 6. The summed E-state index contributed by atoms with van der Waals surface area (Å²) in [5, 5.41) is 20.4. The third-order valence-corrected chi connectivity index (χ3v) is 2.22. The quantitative estimate of drug-likeness (QED) is 0.612. The summed E-state index contributed by atoms with van der Waals surface area (Å²) in [5.74, 6) is 1.34. The van der Waals surface area contributed by atoms with Gasteiger partial charge in [0.25, 0.3) is 0 Å². The molecule has 0 unspecified atom stereocenters. The monoisotopic (exact) mass is 276 g/mol. The summed E-state index contributed by atoms with van der Waals surface area (Å²) in [4.78, 5) is 19.1. The van der Waals surface area contributed by atoms with E-state index in [4.69, 9.17) is 8.83 Å². The summed E-state index contributed by atoms with van der Waals surface area (Å²) in [6.07, 6.45) is 3.94. The van der Waals surface area contributed by atoms with Crippen LogP contribution in [-0.2, 0) is 0 Å². The Hall–Kier alpha value is -3.16. The summed E-state index contributed by atoms with van der Waals surface area (Å²) >= 11 is 0. The summed E-state index contributed by atoms with van der Waals surface area (Å²) in [6.45, 7) is 0. The standard InChI is InChI=1S/C12H8N2O6/c15-13(16)7-5-9-1-3-11(19-9)12-4-2-10(20-12)6-8-14(17)18/h1-8H. The summed E-state index contributed by atoms with van der Waals surface area (Å²) in [5.41, 5.74) is 0. The molecule has 0 amide bonds. The molecule has 20 heavy (non-hydrogen) atoms. The third kappa shape index (κ3) is 3.42. The van der Waals surface area contributed by atoms with Gasteiger partial charge >= 0.3 is 0 Å². The zero-order chi connectivity index (χ0) is 14.5. The Bertz CT molecular complexity index is 634. The molecule has 2 heterocycles. The van der Waals surface area contributed by atoms with E-state index >= 15 is 0 Å². The van der Waals surface area contributed by atoms with Gasteiger partial charge in [-0.05, 0) is 24.3 Å². The number of hydrogen-bond donors (Lipinski definition) is 0. The van der Waals surface area contributed by atoms with Crippen molar-refractivity contribution in [2.24, 2.45) is 0 Å². The van der Waals surface area contributed by atoms with Gasteiger partial charge in [-0.25, -0.2) is 0 Å². The van der Waals surface area contributed by atoms with Crippen molar-refractivity contribution in [3.05, 3.63) is 68.4 Å². The highest BCUT2D eigenvalue weighted by molar-refractivity contribution is 5.56. The number of rotatable bonds is 5. The van der Waals surface area contributed by atoms with Crippen molar-refractivity contribution in [3.8, 4) is 11.5 Å². The first-order valence-corrected chi connectivity index (χ1v) is 5.38. The normalized spacial score (nSPS) is 11.4. The van der Waals surface area contributed by atoms with Crippen molar-refractivity contribution in [2.75, 3.05) is 0 Å². The Balaban J connectivity index is 2.16. The molecule has 0 atom stereocenters. The predicted octanol–water partition coefficient (Wildman–Crippen LogP) is 3.03. The molecule has 2 rings (SSSR count). The van der Waals surface area contributed by atoms with Gasteiger partial charge in [-0.3, -0.25) is 20.2 Å². The second kappa shape index (κ2) is 5.65. The van der Waals surface area contributed by atoms with E-state index in [0.29, 0.717) is 23.0 Å². The van der Waals surface area contributed by atoms with Gasteiger partial charge in [0.2, 0.25) is 12.4 Å². The predicted molar refractivity (Wildman–Crippen MR) is 68.5 cm³/mol. The van der Waals surface area contributed by atoms with Crippen molar-refractivity contribution in [3.63, 3.8) is 0 Å². The average molecular weight is 276 g/mol. The Morgan fingerprint density at radius 2 is 1.20 bits per heavy atom. The molecule has 0 aliphatic heterocycles. The van der Waals surface area contributed by atoms with E-state index in [0.717, 1.165) is 12.4 Å². The molecule has 0 saturated heterocycles. The molecule has 102 valence electrons. The second-order valence-corrected chi connectivity index (χ2v) is 3.61. The molecule has 2 aromatic heterocycles. The van der Waals surface area contributed by atoms with E-state index in [2.05, 4.69) is 0 Å². The van der Waals surface area contributed by atoms with Gasteiger partial charge in [0.05, 0.1) is 22.0 Å². The highest BCUT2D eigenvalue weighted by atomic mass is 16.6. The largest absolute Gasteiger partial charge is 0.453 e. The van der Waals surface area contributed by atoms with Gasteiger partial charge in [0.15, 0.2) is 11.5 Å². The second-order valence-electron chi connectivity index (χ2n) is 3.61. The van der Waals surface area contributed by atoms with Gasteiger partial charge in [0, 0.05) is 0 Å². The van der Waals surface area contributed by atoms with E-state index in [1.165, 1.54) is 12.2 Å². The van der Waals surface area contributed by atoms with Crippen LogP contribution >= 0.6 is 0 Å². The van der Waals surface area contributed by atoms with E-state index < -0.39 is 9.85 Å². The van der Waals surface area contributed by atoms with Crippen LogP contribution < -0.4 is 0 Å². The molecule has 0 fully saturated rings. The lowest BCUT2D eigenvalue weighted by atomic mass is 10.3. The topological polar surface area (TPSA) is 113 Å². The van der Waals surface area contributed by atoms with E-state index in [9.17, 15) is 20.2 Å². The van der Waals surface area contributed by atoms with Crippen LogP contribution in [0, 0.1) is 20.2 Å². The lowest BCUT2D eigenvalue weighted by Gasteiger charge is -1.89. The highest BCUT2D eigenvalue weighted by Crippen LogP contribution is 2.25. The molecule has 8 nitrogen and oxygen atoms in total. The molecule has 0 aliphatic carbocycles. The first kappa shape index (κ1) is 13.3. The Morgan fingerprint density at radius 3 is 1.55 bits per heavy atom. The fraction of sp³-hybridized carbons (Fsp3) is 0. The van der Waals surface area contributed by atoms with Gasteiger partial charge in [0.1, 0.15) is 11.5 Å². The third-order valence-electron chi connectivity index (χ3n) is 2.22. The van der Waals surface area contributed by atoms with Crippen molar-refractivity contribution in [2.45, 2.75) is 0 Å². The van der Waals surface area contributed by atoms with Gasteiger partial charge < -0.3 is 8.83 Å². The van der Waals surface area contributed by atoms with Crippen LogP contribution in [0.15, 0.2) is 45.5 Å². The number of nitro groups is 2. The summed E-state index contributed by atoms with van der Waals surface area (Å²) < 4.78 is 10.6. The van der Waals surface area contributed by atoms with Crippen LogP contribution in [0.1, 0.15) is 11.5 Å². The molecule has 0 saturated carbocycles. The molecule has 0 N–H and O–H groups in total. The Kier molecular flexibility index (Phi) is 3.75. The molecule has 8 heteroatoms. The van der Waals surface area contributed by atoms with E-state index in [1.807, 2.05) is 0 Å². The smallest absolute Gasteiger partial charge is 0.238 e. The maximum absolute atomic E-state index is 10.2. The Morgan fingerprint density at radius 1 is 0.800 bits per heavy atom. The molecule has 0 spiro atoms. The maximum atomic E-state index is 10.2. The van der Waals surface area contributed by atoms with Crippen molar-refractivity contribution in [1.29, 1.82) is 0 Å². The highest BCUT2D eigenvalue weighted by Gasteiger charge is 2.08. The molecule has 2 aromatic rings. The van der Waals surface area contributed by atoms with Crippen LogP contribution in [0.5, 0.6) is 0 Å². The molecule has 0 aliphatic rings. The first-order valence-electron chi connectivity index (χ1n) is 5.38. The zero-order valence-electron chi connectivity index (χ0n) is 9.96. The van der Waals surface area contributed by atoms with Crippen molar-refractivity contribution >= 4 is 12.2 Å². The van der Waals surface area contributed by atoms with Gasteiger partial charge in [-0.15, -0.1) is 0 Å². The lowest BCUT2D eigenvalue weighted by molar-refractivity contribution is -0.401. The SMILES string of the molecule is O=[N+]([O-])C=Cc1ccc(-c2ccc(C=C[N+](=O)[O-])o2)o1. The van der Waals surface area contributed by atoms with Crippen LogP contribution in [0.2, 0.25) is 0 Å². The van der Waals surface area contributed by atoms with E-state index in [1.54, 1.807) is 24.3 Å². The van der Waals surface area contributed by atoms with Crippen LogP contribution in [0.3, 0.4) is 0 Å². The summed E-state index contributed by atoms with van der Waals surface area (Å²) in [6, 6.07) is 6.26. The number of furan rings is 2. The fourth-order valence-corrected chi connectivity index (χ4v) is 1.42. The molecular formula is C12H8N2O6. The van der Waals surface area contributed by atoms with Crippen LogP contribution in [-0.4, -0.2) is 9.85 Å². The molecule has 0 bridgehead atoms. The summed E-state index contributed by atoms with van der Waals surface area (Å²) in [7, 11) is 0. The molecule has 0 radical (unpaired) electrons.